The van der Waals surface area contributed by atoms with Crippen molar-refractivity contribution in [1.29, 1.82) is 0 Å². The summed E-state index contributed by atoms with van der Waals surface area (Å²) in [7, 11) is 0. The topological polar surface area (TPSA) is 79.9 Å². The van der Waals surface area contributed by atoms with Gasteiger partial charge in [-0.2, -0.15) is 5.10 Å². The molecule has 7 heteroatoms. The Morgan fingerprint density at radius 3 is 3.11 bits per heavy atom. The number of aromatic nitrogens is 3. The minimum atomic E-state index is -0.373. The molecule has 96 valence electrons. The third kappa shape index (κ3) is 2.86. The molecule has 6 nitrogen and oxygen atoms in total. The van der Waals surface area contributed by atoms with Crippen LogP contribution in [0.1, 0.15) is 27.9 Å². The van der Waals surface area contributed by atoms with Gasteiger partial charge in [-0.05, 0) is 13.8 Å². The van der Waals surface area contributed by atoms with Gasteiger partial charge in [0.15, 0.2) is 10.8 Å². The number of rotatable bonds is 5. The number of hydrogen-bond acceptors (Lipinski definition) is 6. The van der Waals surface area contributed by atoms with Gasteiger partial charge in [0.25, 0.3) is 0 Å². The molecule has 2 rings (SSSR count). The zero-order valence-electron chi connectivity index (χ0n) is 10.2. The van der Waals surface area contributed by atoms with Crippen LogP contribution in [0, 0.1) is 6.92 Å². The number of anilines is 1. The van der Waals surface area contributed by atoms with E-state index in [9.17, 15) is 4.79 Å². The third-order valence-electron chi connectivity index (χ3n) is 2.26. The minimum Gasteiger partial charge on any atom is -0.461 e. The second-order valence-corrected chi connectivity index (χ2v) is 4.81. The predicted octanol–water partition coefficient (Wildman–Crippen LogP) is 1.96. The number of aryl methyl sites for hydroxylation is 1. The zero-order valence-corrected chi connectivity index (χ0v) is 11.0. The van der Waals surface area contributed by atoms with Crippen LogP contribution in [0.25, 0.3) is 0 Å². The van der Waals surface area contributed by atoms with Crippen LogP contribution in [-0.2, 0) is 11.3 Å². The van der Waals surface area contributed by atoms with E-state index >= 15 is 0 Å². The number of carbonyl (C=O) groups is 1. The van der Waals surface area contributed by atoms with Gasteiger partial charge in [-0.15, -0.1) is 11.3 Å². The van der Waals surface area contributed by atoms with Gasteiger partial charge in [-0.1, -0.05) is 0 Å². The van der Waals surface area contributed by atoms with Crippen LogP contribution < -0.4 is 5.32 Å². The molecule has 0 spiro atoms. The minimum absolute atomic E-state index is 0.355. The van der Waals surface area contributed by atoms with Crippen molar-refractivity contribution in [3.8, 4) is 0 Å². The molecule has 2 N–H and O–H groups in total. The lowest BCUT2D eigenvalue weighted by molar-refractivity contribution is 0.0519. The number of aromatic amines is 1. The first-order chi connectivity index (χ1) is 8.70. The average Bonchev–Trinajstić information content (AvgIpc) is 2.96. The zero-order chi connectivity index (χ0) is 13.0. The molecule has 2 aromatic heterocycles. The van der Waals surface area contributed by atoms with Crippen molar-refractivity contribution in [2.45, 2.75) is 20.4 Å². The van der Waals surface area contributed by atoms with Crippen molar-refractivity contribution in [2.24, 2.45) is 0 Å². The lowest BCUT2D eigenvalue weighted by Gasteiger charge is -1.99. The van der Waals surface area contributed by atoms with Gasteiger partial charge in [0, 0.05) is 23.2 Å². The van der Waals surface area contributed by atoms with Crippen molar-refractivity contribution in [2.75, 3.05) is 11.9 Å². The smallest absolute Gasteiger partial charge is 0.358 e. The highest BCUT2D eigenvalue weighted by molar-refractivity contribution is 7.15. The standard InChI is InChI=1S/C11H14N4O2S/c1-3-17-10(16)9-7(2)18-11(15-9)12-4-8-5-13-14-6-8/h5-6H,3-4H2,1-2H3,(H,12,15)(H,13,14). The first kappa shape index (κ1) is 12.6. The molecule has 0 saturated heterocycles. The third-order valence-corrected chi connectivity index (χ3v) is 3.19. The summed E-state index contributed by atoms with van der Waals surface area (Å²) in [4.78, 5) is 16.7. The second-order valence-electron chi connectivity index (χ2n) is 3.60. The van der Waals surface area contributed by atoms with Gasteiger partial charge in [0.1, 0.15) is 0 Å². The molecule has 0 aliphatic carbocycles. The van der Waals surface area contributed by atoms with Crippen LogP contribution in [0.3, 0.4) is 0 Å². The molecule has 18 heavy (non-hydrogen) atoms. The normalized spacial score (nSPS) is 10.3. The first-order valence-corrected chi connectivity index (χ1v) is 6.38. The Labute approximate surface area is 108 Å². The number of esters is 1. The lowest BCUT2D eigenvalue weighted by Crippen LogP contribution is -2.07. The first-order valence-electron chi connectivity index (χ1n) is 5.56. The molecule has 0 unspecified atom stereocenters. The van der Waals surface area contributed by atoms with Crippen LogP contribution in [-0.4, -0.2) is 27.8 Å². The summed E-state index contributed by atoms with van der Waals surface area (Å²) < 4.78 is 4.93. The summed E-state index contributed by atoms with van der Waals surface area (Å²) in [5.74, 6) is -0.373. The van der Waals surface area contributed by atoms with Gasteiger partial charge in [0.05, 0.1) is 12.8 Å². The van der Waals surface area contributed by atoms with E-state index in [1.807, 2.05) is 6.92 Å². The summed E-state index contributed by atoms with van der Waals surface area (Å²) in [6.45, 7) is 4.60. The monoisotopic (exact) mass is 266 g/mol. The maximum Gasteiger partial charge on any atom is 0.358 e. The van der Waals surface area contributed by atoms with E-state index in [1.54, 1.807) is 19.3 Å². The van der Waals surface area contributed by atoms with Crippen LogP contribution in [0.2, 0.25) is 0 Å². The molecule has 0 saturated carbocycles. The van der Waals surface area contributed by atoms with Crippen LogP contribution >= 0.6 is 11.3 Å². The summed E-state index contributed by atoms with van der Waals surface area (Å²) in [6.07, 6.45) is 3.54. The fourth-order valence-corrected chi connectivity index (χ4v) is 2.21. The van der Waals surface area contributed by atoms with Gasteiger partial charge in [-0.3, -0.25) is 5.10 Å². The highest BCUT2D eigenvalue weighted by Gasteiger charge is 2.16. The molecule has 0 aliphatic heterocycles. The fourth-order valence-electron chi connectivity index (χ4n) is 1.41. The van der Waals surface area contributed by atoms with Crippen LogP contribution in [0.4, 0.5) is 5.13 Å². The largest absolute Gasteiger partial charge is 0.461 e. The van der Waals surface area contributed by atoms with E-state index in [0.29, 0.717) is 24.0 Å². The molecule has 0 radical (unpaired) electrons. The van der Waals surface area contributed by atoms with Gasteiger partial charge >= 0.3 is 5.97 Å². The Balaban J connectivity index is 2.02. The Kier molecular flexibility index (Phi) is 3.93. The van der Waals surface area contributed by atoms with Gasteiger partial charge in [0.2, 0.25) is 0 Å². The van der Waals surface area contributed by atoms with Crippen molar-refractivity contribution in [3.63, 3.8) is 0 Å². The molecule has 0 amide bonds. The van der Waals surface area contributed by atoms with E-state index in [-0.39, 0.29) is 5.97 Å². The molecule has 2 heterocycles. The van der Waals surface area contributed by atoms with Gasteiger partial charge in [-0.25, -0.2) is 9.78 Å². The molecule has 2 aromatic rings. The molecule has 0 aromatic carbocycles. The van der Waals surface area contributed by atoms with E-state index in [1.165, 1.54) is 11.3 Å². The summed E-state index contributed by atoms with van der Waals surface area (Å²) in [5, 5.41) is 10.4. The van der Waals surface area contributed by atoms with E-state index in [2.05, 4.69) is 20.5 Å². The molecular formula is C11H14N4O2S. The predicted molar refractivity (Wildman–Crippen MR) is 68.7 cm³/mol. The van der Waals surface area contributed by atoms with Crippen LogP contribution in [0.5, 0.6) is 0 Å². The second kappa shape index (κ2) is 5.63. The Bertz CT molecular complexity index is 521. The van der Waals surface area contributed by atoms with E-state index in [4.69, 9.17) is 4.74 Å². The number of hydrogen-bond donors (Lipinski definition) is 2. The highest BCUT2D eigenvalue weighted by Crippen LogP contribution is 2.23. The molecule has 0 bridgehead atoms. The number of ether oxygens (including phenoxy) is 1. The Hall–Kier alpha value is -1.89. The van der Waals surface area contributed by atoms with Crippen LogP contribution in [0.15, 0.2) is 12.4 Å². The van der Waals surface area contributed by atoms with Crippen molar-refractivity contribution >= 4 is 22.4 Å². The maximum atomic E-state index is 11.6. The molecule has 0 aliphatic rings. The number of thiazole rings is 1. The van der Waals surface area contributed by atoms with E-state index < -0.39 is 0 Å². The Morgan fingerprint density at radius 1 is 1.61 bits per heavy atom. The fraction of sp³-hybridized carbons (Fsp3) is 0.364. The quantitative estimate of drug-likeness (QED) is 0.809. The molecular weight excluding hydrogens is 252 g/mol. The van der Waals surface area contributed by atoms with Gasteiger partial charge < -0.3 is 10.1 Å². The summed E-state index contributed by atoms with van der Waals surface area (Å²) in [6, 6.07) is 0. The number of nitrogens with one attached hydrogen (secondary N) is 2. The van der Waals surface area contributed by atoms with Crippen molar-refractivity contribution in [3.05, 3.63) is 28.5 Å². The number of nitrogens with zero attached hydrogens (tertiary/aromatic N) is 2. The summed E-state index contributed by atoms with van der Waals surface area (Å²) in [5.41, 5.74) is 1.41. The van der Waals surface area contributed by atoms with Crippen molar-refractivity contribution < 1.29 is 9.53 Å². The average molecular weight is 266 g/mol. The molecule has 0 atom stereocenters. The highest BCUT2D eigenvalue weighted by atomic mass is 32.1. The number of carbonyl (C=O) groups excluding carboxylic acids is 1. The molecule has 0 fully saturated rings. The van der Waals surface area contributed by atoms with E-state index in [0.717, 1.165) is 10.4 Å². The number of H-pyrrole nitrogens is 1. The summed E-state index contributed by atoms with van der Waals surface area (Å²) >= 11 is 1.44. The SMILES string of the molecule is CCOC(=O)c1nc(NCc2cn[nH]c2)sc1C. The van der Waals surface area contributed by atoms with Crippen molar-refractivity contribution in [1.82, 2.24) is 15.2 Å². The Morgan fingerprint density at radius 2 is 2.44 bits per heavy atom. The maximum absolute atomic E-state index is 11.6. The lowest BCUT2D eigenvalue weighted by atomic mass is 10.4.